The van der Waals surface area contributed by atoms with Crippen molar-refractivity contribution in [1.82, 2.24) is 10.1 Å². The van der Waals surface area contributed by atoms with Gasteiger partial charge in [0.1, 0.15) is 17.2 Å². The summed E-state index contributed by atoms with van der Waals surface area (Å²) in [4.78, 5) is 2.48. The Balaban J connectivity index is 1.37. The van der Waals surface area contributed by atoms with Crippen LogP contribution in [0.25, 0.3) is 11.3 Å². The predicted molar refractivity (Wildman–Crippen MR) is 100 cm³/mol. The fourth-order valence-electron chi connectivity index (χ4n) is 3.99. The zero-order valence-electron chi connectivity index (χ0n) is 14.8. The van der Waals surface area contributed by atoms with Gasteiger partial charge in [0.15, 0.2) is 0 Å². The smallest absolute Gasteiger partial charge is 0.143 e. The number of fused-ring (bicyclic) bond motifs is 2. The first-order valence-corrected chi connectivity index (χ1v) is 9.36. The zero-order valence-corrected chi connectivity index (χ0v) is 14.8. The molecule has 4 nitrogen and oxygen atoms in total. The first-order chi connectivity index (χ1) is 12.9. The van der Waals surface area contributed by atoms with E-state index in [0.29, 0.717) is 0 Å². The highest BCUT2D eigenvalue weighted by molar-refractivity contribution is 5.63. The van der Waals surface area contributed by atoms with Gasteiger partial charge in [0.05, 0.1) is 6.61 Å². The van der Waals surface area contributed by atoms with Gasteiger partial charge in [-0.05, 0) is 30.0 Å². The molecule has 5 rings (SSSR count). The number of hydrogen-bond acceptors (Lipinski definition) is 4. The number of hydrogen-bond donors (Lipinski definition) is 0. The number of benzene rings is 2. The lowest BCUT2D eigenvalue weighted by atomic mass is 10.00. The summed E-state index contributed by atoms with van der Waals surface area (Å²) >= 11 is 0. The van der Waals surface area contributed by atoms with Crippen LogP contribution in [0.1, 0.15) is 28.9 Å². The second-order valence-corrected chi connectivity index (χ2v) is 7.15. The van der Waals surface area contributed by atoms with Gasteiger partial charge in [0.25, 0.3) is 0 Å². The lowest BCUT2D eigenvalue weighted by molar-refractivity contribution is 0.228. The summed E-state index contributed by atoms with van der Waals surface area (Å²) in [5.74, 6) is 2.10. The van der Waals surface area contributed by atoms with Crippen molar-refractivity contribution in [1.29, 1.82) is 0 Å². The summed E-state index contributed by atoms with van der Waals surface area (Å²) in [6.07, 6.45) is 3.16. The van der Waals surface area contributed by atoms with Crippen molar-refractivity contribution in [3.8, 4) is 17.0 Å². The van der Waals surface area contributed by atoms with Crippen LogP contribution in [0, 0.1) is 0 Å². The third-order valence-electron chi connectivity index (χ3n) is 5.33. The summed E-state index contributed by atoms with van der Waals surface area (Å²) in [7, 11) is 0. The average Bonchev–Trinajstić information content (AvgIpc) is 3.12. The van der Waals surface area contributed by atoms with Crippen molar-refractivity contribution in [2.24, 2.45) is 0 Å². The van der Waals surface area contributed by atoms with Crippen LogP contribution in [-0.4, -0.2) is 23.2 Å². The van der Waals surface area contributed by atoms with Gasteiger partial charge in [0.2, 0.25) is 0 Å². The van der Waals surface area contributed by atoms with Gasteiger partial charge in [-0.1, -0.05) is 47.6 Å². The monoisotopic (exact) mass is 346 g/mol. The van der Waals surface area contributed by atoms with Crippen LogP contribution in [0.5, 0.6) is 5.75 Å². The van der Waals surface area contributed by atoms with E-state index in [4.69, 9.17) is 9.26 Å². The van der Waals surface area contributed by atoms with Gasteiger partial charge in [0, 0.05) is 37.2 Å². The predicted octanol–water partition coefficient (Wildman–Crippen LogP) is 4.22. The molecule has 3 aromatic rings. The van der Waals surface area contributed by atoms with E-state index in [9.17, 15) is 0 Å². The Labute approximate surface area is 153 Å². The van der Waals surface area contributed by atoms with Crippen molar-refractivity contribution in [3.63, 3.8) is 0 Å². The number of aromatic nitrogens is 1. The molecule has 3 heterocycles. The maximum absolute atomic E-state index is 5.73. The van der Waals surface area contributed by atoms with E-state index < -0.39 is 0 Å². The van der Waals surface area contributed by atoms with Gasteiger partial charge in [-0.15, -0.1) is 0 Å². The Morgan fingerprint density at radius 1 is 1.04 bits per heavy atom. The molecule has 26 heavy (non-hydrogen) atoms. The zero-order chi connectivity index (χ0) is 17.3. The molecule has 1 aromatic heterocycles. The van der Waals surface area contributed by atoms with E-state index in [-0.39, 0.29) is 0 Å². The average molecular weight is 346 g/mol. The summed E-state index contributed by atoms with van der Waals surface area (Å²) in [5, 5.41) is 4.35. The van der Waals surface area contributed by atoms with Crippen molar-refractivity contribution >= 4 is 0 Å². The summed E-state index contributed by atoms with van der Waals surface area (Å²) < 4.78 is 11.4. The van der Waals surface area contributed by atoms with Gasteiger partial charge < -0.3 is 9.26 Å². The first kappa shape index (κ1) is 15.6. The minimum absolute atomic E-state index is 0.844. The number of ether oxygens (including phenoxy) is 1. The molecule has 0 amide bonds. The third kappa shape index (κ3) is 2.90. The highest BCUT2D eigenvalue weighted by Gasteiger charge is 2.25. The van der Waals surface area contributed by atoms with Crippen LogP contribution in [0.3, 0.4) is 0 Å². The normalized spacial score (nSPS) is 16.6. The van der Waals surface area contributed by atoms with Crippen molar-refractivity contribution in [2.75, 3.05) is 13.2 Å². The lowest BCUT2D eigenvalue weighted by Gasteiger charge is -2.27. The van der Waals surface area contributed by atoms with E-state index in [1.807, 2.05) is 18.2 Å². The fourth-order valence-corrected chi connectivity index (χ4v) is 3.99. The Morgan fingerprint density at radius 2 is 1.96 bits per heavy atom. The molecule has 0 aliphatic carbocycles. The molecule has 0 radical (unpaired) electrons. The molecule has 0 unspecified atom stereocenters. The van der Waals surface area contributed by atoms with Crippen molar-refractivity contribution in [2.45, 2.75) is 32.4 Å². The minimum Gasteiger partial charge on any atom is -0.493 e. The fraction of sp³-hybridized carbons (Fsp3) is 0.318. The highest BCUT2D eigenvalue weighted by Crippen LogP contribution is 2.31. The Morgan fingerprint density at radius 3 is 2.88 bits per heavy atom. The van der Waals surface area contributed by atoms with Gasteiger partial charge >= 0.3 is 0 Å². The minimum atomic E-state index is 0.844. The largest absolute Gasteiger partial charge is 0.493 e. The Kier molecular flexibility index (Phi) is 3.98. The molecule has 0 spiro atoms. The first-order valence-electron chi connectivity index (χ1n) is 9.36. The molecule has 0 N–H and O–H groups in total. The Hall–Kier alpha value is -2.59. The second-order valence-electron chi connectivity index (χ2n) is 7.15. The van der Waals surface area contributed by atoms with E-state index in [1.54, 1.807) is 0 Å². The highest BCUT2D eigenvalue weighted by atomic mass is 16.5. The van der Waals surface area contributed by atoms with Crippen molar-refractivity contribution < 1.29 is 9.26 Å². The van der Waals surface area contributed by atoms with E-state index in [0.717, 1.165) is 68.3 Å². The maximum atomic E-state index is 5.73. The van der Waals surface area contributed by atoms with E-state index >= 15 is 0 Å². The van der Waals surface area contributed by atoms with Gasteiger partial charge in [-0.2, -0.15) is 0 Å². The number of rotatable bonds is 3. The molecule has 2 aromatic carbocycles. The lowest BCUT2D eigenvalue weighted by Crippen LogP contribution is -2.29. The molecule has 4 heteroatoms. The number of nitrogens with zero attached hydrogens (tertiary/aromatic N) is 2. The molecule has 0 fully saturated rings. The molecule has 2 aliphatic heterocycles. The molecule has 132 valence electrons. The van der Waals surface area contributed by atoms with Crippen LogP contribution in [0.4, 0.5) is 0 Å². The summed E-state index contributed by atoms with van der Waals surface area (Å²) in [5.41, 5.74) is 6.06. The molecular formula is C22H22N2O2. The van der Waals surface area contributed by atoms with Crippen LogP contribution in [0.2, 0.25) is 0 Å². The molecular weight excluding hydrogens is 324 g/mol. The van der Waals surface area contributed by atoms with Crippen LogP contribution >= 0.6 is 0 Å². The maximum Gasteiger partial charge on any atom is 0.143 e. The summed E-state index contributed by atoms with van der Waals surface area (Å²) in [6, 6.07) is 17.0. The van der Waals surface area contributed by atoms with E-state index in [1.165, 1.54) is 16.7 Å². The second kappa shape index (κ2) is 6.61. The SMILES string of the molecule is c1ccc(-c2noc3c2CN(Cc2ccc4c(c2)CCCO4)CC3)cc1. The van der Waals surface area contributed by atoms with Crippen LogP contribution < -0.4 is 4.74 Å². The molecule has 0 bridgehead atoms. The molecule has 2 aliphatic rings. The van der Waals surface area contributed by atoms with Gasteiger partial charge in [-0.3, -0.25) is 4.90 Å². The Bertz CT molecular complexity index is 917. The van der Waals surface area contributed by atoms with Crippen LogP contribution in [-0.2, 0) is 25.9 Å². The van der Waals surface area contributed by atoms with Crippen LogP contribution in [0.15, 0.2) is 53.1 Å². The molecule has 0 atom stereocenters. The standard InChI is InChI=1S/C22H22N2O2/c1-2-5-17(6-3-1)22-19-15-24(11-10-21(19)26-23-22)14-16-8-9-20-18(13-16)7-4-12-25-20/h1-3,5-6,8-9,13H,4,7,10-12,14-15H2. The topological polar surface area (TPSA) is 38.5 Å². The number of aryl methyl sites for hydroxylation is 1. The van der Waals surface area contributed by atoms with Gasteiger partial charge in [-0.25, -0.2) is 0 Å². The third-order valence-corrected chi connectivity index (χ3v) is 5.33. The van der Waals surface area contributed by atoms with E-state index in [2.05, 4.69) is 40.4 Å². The molecule has 0 saturated heterocycles. The summed E-state index contributed by atoms with van der Waals surface area (Å²) in [6.45, 7) is 3.68. The van der Waals surface area contributed by atoms with Crippen molar-refractivity contribution in [3.05, 3.63) is 71.0 Å². The quantitative estimate of drug-likeness (QED) is 0.711. The molecule has 0 saturated carbocycles.